The molecule has 0 rings (SSSR count). The topological polar surface area (TPSA) is 20.3 Å². The van der Waals surface area contributed by atoms with Crippen molar-refractivity contribution in [2.75, 3.05) is 20.6 Å². The molecule has 1 atom stereocenters. The summed E-state index contributed by atoms with van der Waals surface area (Å²) in [7, 11) is 4.19. The SMILES string of the molecule is CC.CC=O.CN(C)CC(C)(S)CC(C)(C)C. The van der Waals surface area contributed by atoms with Gasteiger partial charge in [-0.3, -0.25) is 0 Å². The molecule has 0 aliphatic rings. The van der Waals surface area contributed by atoms with Crippen molar-refractivity contribution < 1.29 is 4.79 Å². The average Bonchev–Trinajstić information content (AvgIpc) is 2.01. The Morgan fingerprint density at radius 1 is 1.12 bits per heavy atom. The van der Waals surface area contributed by atoms with E-state index in [0.29, 0.717) is 5.41 Å². The van der Waals surface area contributed by atoms with Crippen molar-refractivity contribution in [2.45, 2.75) is 59.6 Å². The lowest BCUT2D eigenvalue weighted by molar-refractivity contribution is -0.106. The average molecular weight is 263 g/mol. The molecule has 0 saturated carbocycles. The minimum atomic E-state index is 0.127. The van der Waals surface area contributed by atoms with E-state index in [1.807, 2.05) is 13.8 Å². The van der Waals surface area contributed by atoms with Crippen molar-refractivity contribution in [1.29, 1.82) is 0 Å². The zero-order valence-electron chi connectivity index (χ0n) is 13.3. The fourth-order valence-electron chi connectivity index (χ4n) is 1.88. The second-order valence-corrected chi connectivity index (χ2v) is 6.79. The van der Waals surface area contributed by atoms with E-state index in [-0.39, 0.29) is 4.75 Å². The maximum atomic E-state index is 8.81. The molecule has 0 saturated heterocycles. The largest absolute Gasteiger partial charge is 0.308 e. The fourth-order valence-corrected chi connectivity index (χ4v) is 2.64. The van der Waals surface area contributed by atoms with Gasteiger partial charge < -0.3 is 9.69 Å². The molecule has 0 bridgehead atoms. The Morgan fingerprint density at radius 3 is 1.59 bits per heavy atom. The molecule has 17 heavy (non-hydrogen) atoms. The summed E-state index contributed by atoms with van der Waals surface area (Å²) in [4.78, 5) is 11.0. The van der Waals surface area contributed by atoms with Crippen LogP contribution in [0.3, 0.4) is 0 Å². The number of rotatable bonds is 3. The van der Waals surface area contributed by atoms with Crippen molar-refractivity contribution in [3.8, 4) is 0 Å². The standard InChI is InChI=1S/C10H23NS.C2H4O.C2H6/c1-9(2,3)7-10(4,12)8-11(5)6;1-2-3;1-2/h12H,7-8H2,1-6H3;2H,1H3;1-2H3. The molecule has 0 aromatic heterocycles. The zero-order chi connectivity index (χ0) is 14.7. The molecule has 0 N–H and O–H groups in total. The van der Waals surface area contributed by atoms with E-state index >= 15 is 0 Å². The van der Waals surface area contributed by atoms with E-state index in [1.54, 1.807) is 0 Å². The fraction of sp³-hybridized carbons (Fsp3) is 0.929. The molecule has 1 unspecified atom stereocenters. The molecule has 0 radical (unpaired) electrons. The maximum absolute atomic E-state index is 8.81. The minimum Gasteiger partial charge on any atom is -0.308 e. The third-order valence-electron chi connectivity index (χ3n) is 1.57. The van der Waals surface area contributed by atoms with Gasteiger partial charge in [0, 0.05) is 11.3 Å². The summed E-state index contributed by atoms with van der Waals surface area (Å²) >= 11 is 4.68. The van der Waals surface area contributed by atoms with Crippen LogP contribution in [0.2, 0.25) is 0 Å². The highest BCUT2D eigenvalue weighted by molar-refractivity contribution is 7.81. The van der Waals surface area contributed by atoms with Crippen LogP contribution in [0, 0.1) is 5.41 Å². The molecule has 2 nitrogen and oxygen atoms in total. The Labute approximate surface area is 115 Å². The Bertz CT molecular complexity index is 172. The monoisotopic (exact) mass is 263 g/mol. The number of aldehydes is 1. The number of hydrogen-bond acceptors (Lipinski definition) is 3. The summed E-state index contributed by atoms with van der Waals surface area (Å²) < 4.78 is 0.127. The van der Waals surface area contributed by atoms with Crippen LogP contribution in [0.5, 0.6) is 0 Å². The van der Waals surface area contributed by atoms with Gasteiger partial charge in [-0.25, -0.2) is 0 Å². The van der Waals surface area contributed by atoms with E-state index in [4.69, 9.17) is 4.79 Å². The maximum Gasteiger partial charge on any atom is 0.116 e. The van der Waals surface area contributed by atoms with E-state index in [0.717, 1.165) is 19.3 Å². The van der Waals surface area contributed by atoms with Gasteiger partial charge in [-0.2, -0.15) is 12.6 Å². The van der Waals surface area contributed by atoms with E-state index < -0.39 is 0 Å². The summed E-state index contributed by atoms with van der Waals surface area (Å²) in [6.45, 7) is 15.5. The molecule has 0 spiro atoms. The lowest BCUT2D eigenvalue weighted by Gasteiger charge is -2.33. The van der Waals surface area contributed by atoms with Gasteiger partial charge >= 0.3 is 0 Å². The third kappa shape index (κ3) is 25.9. The Morgan fingerprint density at radius 2 is 1.41 bits per heavy atom. The van der Waals surface area contributed by atoms with Crippen molar-refractivity contribution in [1.82, 2.24) is 4.90 Å². The Kier molecular flexibility index (Phi) is 14.5. The minimum absolute atomic E-state index is 0.127. The van der Waals surface area contributed by atoms with Crippen LogP contribution in [-0.4, -0.2) is 36.6 Å². The number of carbonyl (C=O) groups excluding carboxylic acids is 1. The highest BCUT2D eigenvalue weighted by atomic mass is 32.1. The molecule has 0 fully saturated rings. The summed E-state index contributed by atoms with van der Waals surface area (Å²) in [6, 6.07) is 0. The van der Waals surface area contributed by atoms with Crippen molar-refractivity contribution >= 4 is 18.9 Å². The van der Waals surface area contributed by atoms with Crippen molar-refractivity contribution in [3.05, 3.63) is 0 Å². The lowest BCUT2D eigenvalue weighted by atomic mass is 9.85. The molecule has 0 aliphatic carbocycles. The molecule has 0 amide bonds. The van der Waals surface area contributed by atoms with Gasteiger partial charge in [0.1, 0.15) is 6.29 Å². The molecule has 0 aliphatic heterocycles. The van der Waals surface area contributed by atoms with Gasteiger partial charge in [-0.05, 0) is 39.8 Å². The van der Waals surface area contributed by atoms with Crippen LogP contribution in [0.25, 0.3) is 0 Å². The van der Waals surface area contributed by atoms with Crippen molar-refractivity contribution in [2.24, 2.45) is 5.41 Å². The highest BCUT2D eigenvalue weighted by Crippen LogP contribution is 2.31. The summed E-state index contributed by atoms with van der Waals surface area (Å²) in [5, 5.41) is 0. The predicted molar refractivity (Wildman–Crippen MR) is 83.1 cm³/mol. The molecular weight excluding hydrogens is 230 g/mol. The quantitative estimate of drug-likeness (QED) is 0.615. The second kappa shape index (κ2) is 11.1. The molecule has 0 heterocycles. The third-order valence-corrected chi connectivity index (χ3v) is 1.87. The number of hydrogen-bond donors (Lipinski definition) is 1. The van der Waals surface area contributed by atoms with Crippen LogP contribution in [0.1, 0.15) is 54.9 Å². The summed E-state index contributed by atoms with van der Waals surface area (Å²) in [6.07, 6.45) is 1.89. The van der Waals surface area contributed by atoms with Gasteiger partial charge in [0.05, 0.1) is 0 Å². The number of nitrogens with zero attached hydrogens (tertiary/aromatic N) is 1. The van der Waals surface area contributed by atoms with Crippen molar-refractivity contribution in [3.63, 3.8) is 0 Å². The van der Waals surface area contributed by atoms with Gasteiger partial charge in [-0.15, -0.1) is 0 Å². The highest BCUT2D eigenvalue weighted by Gasteiger charge is 2.26. The zero-order valence-corrected chi connectivity index (χ0v) is 14.2. The normalized spacial score (nSPS) is 13.8. The first kappa shape index (κ1) is 22.2. The van der Waals surface area contributed by atoms with Crippen LogP contribution < -0.4 is 0 Å². The molecule has 0 aromatic rings. The molecule has 3 heteroatoms. The predicted octanol–water partition coefficient (Wildman–Crippen LogP) is 3.90. The first-order chi connectivity index (χ1) is 7.54. The first-order valence-corrected chi connectivity index (χ1v) is 6.76. The smallest absolute Gasteiger partial charge is 0.116 e. The van der Waals surface area contributed by atoms with E-state index in [9.17, 15) is 0 Å². The molecular formula is C14H33NOS. The lowest BCUT2D eigenvalue weighted by Crippen LogP contribution is -2.35. The first-order valence-electron chi connectivity index (χ1n) is 6.31. The van der Waals surface area contributed by atoms with Crippen LogP contribution >= 0.6 is 12.6 Å². The van der Waals surface area contributed by atoms with Gasteiger partial charge in [0.2, 0.25) is 0 Å². The summed E-state index contributed by atoms with van der Waals surface area (Å²) in [5.74, 6) is 0. The van der Waals surface area contributed by atoms with E-state index in [2.05, 4.69) is 59.3 Å². The molecule has 106 valence electrons. The van der Waals surface area contributed by atoms with Gasteiger partial charge in [-0.1, -0.05) is 34.6 Å². The van der Waals surface area contributed by atoms with Gasteiger partial charge in [0.15, 0.2) is 0 Å². The van der Waals surface area contributed by atoms with Crippen LogP contribution in [0.4, 0.5) is 0 Å². The second-order valence-electron chi connectivity index (χ2n) is 5.71. The van der Waals surface area contributed by atoms with Gasteiger partial charge in [0.25, 0.3) is 0 Å². The Balaban J connectivity index is -0.000000337. The van der Waals surface area contributed by atoms with Crippen LogP contribution in [-0.2, 0) is 4.79 Å². The molecule has 0 aromatic carbocycles. The van der Waals surface area contributed by atoms with E-state index in [1.165, 1.54) is 6.92 Å². The summed E-state index contributed by atoms with van der Waals surface area (Å²) in [5.41, 5.74) is 0.368. The number of thiol groups is 1. The van der Waals surface area contributed by atoms with Crippen LogP contribution in [0.15, 0.2) is 0 Å². The Hall–Kier alpha value is -0.0200. The number of carbonyl (C=O) groups is 1.